The number of aromatic nitrogens is 2. The fraction of sp³-hybridized carbons (Fsp3) is 0.407. The summed E-state index contributed by atoms with van der Waals surface area (Å²) in [6.07, 6.45) is 6.24. The zero-order chi connectivity index (χ0) is 23.5. The second-order valence-electron chi connectivity index (χ2n) is 9.10. The Bertz CT molecular complexity index is 1190. The van der Waals surface area contributed by atoms with Gasteiger partial charge in [-0.05, 0) is 82.2 Å². The number of likely N-dealkylation sites (tertiary alicyclic amines) is 1. The molecule has 0 atom stereocenters. The highest BCUT2D eigenvalue weighted by Gasteiger charge is 2.23. The highest BCUT2D eigenvalue weighted by atomic mass is 32.2. The molecule has 6 nitrogen and oxygen atoms in total. The topological polar surface area (TPSA) is 66.2 Å². The second-order valence-corrected chi connectivity index (χ2v) is 10.2. The van der Waals surface area contributed by atoms with Crippen molar-refractivity contribution in [3.8, 4) is 5.75 Å². The van der Waals surface area contributed by atoms with Crippen LogP contribution < -0.4 is 10.1 Å². The summed E-state index contributed by atoms with van der Waals surface area (Å²) in [6, 6.07) is 15.2. The van der Waals surface area contributed by atoms with Crippen molar-refractivity contribution < 1.29 is 4.74 Å². The minimum Gasteiger partial charge on any atom is -0.494 e. The highest BCUT2D eigenvalue weighted by molar-refractivity contribution is 8.04. The molecule has 2 aromatic carbocycles. The average Bonchev–Trinajstić information content (AvgIpc) is 3.49. The van der Waals surface area contributed by atoms with Gasteiger partial charge in [0.25, 0.3) is 0 Å². The summed E-state index contributed by atoms with van der Waals surface area (Å²) in [5, 5.41) is 11.7. The van der Waals surface area contributed by atoms with Crippen LogP contribution in [0.3, 0.4) is 0 Å². The summed E-state index contributed by atoms with van der Waals surface area (Å²) < 4.78 is 8.09. The van der Waals surface area contributed by atoms with Crippen LogP contribution in [0.4, 0.5) is 5.69 Å². The summed E-state index contributed by atoms with van der Waals surface area (Å²) >= 11 is 1.75. The van der Waals surface area contributed by atoms with Crippen LogP contribution in [-0.4, -0.2) is 52.8 Å². The predicted molar refractivity (Wildman–Crippen MR) is 142 cm³/mol. The molecule has 0 unspecified atom stereocenters. The van der Waals surface area contributed by atoms with E-state index < -0.39 is 0 Å². The van der Waals surface area contributed by atoms with Crippen LogP contribution in [0, 0.1) is 5.41 Å². The van der Waals surface area contributed by atoms with E-state index in [1.807, 2.05) is 19.1 Å². The Labute approximate surface area is 205 Å². The van der Waals surface area contributed by atoms with Crippen LogP contribution in [-0.2, 0) is 6.42 Å². The van der Waals surface area contributed by atoms with E-state index in [1.165, 1.54) is 11.1 Å². The molecule has 178 valence electrons. The maximum atomic E-state index is 8.41. The van der Waals surface area contributed by atoms with Gasteiger partial charge in [-0.1, -0.05) is 18.2 Å². The smallest absolute Gasteiger partial charge is 0.136 e. The average molecular weight is 476 g/mol. The molecular formula is C27H33N5OS. The first-order chi connectivity index (χ1) is 16.6. The molecule has 0 saturated carbocycles. The van der Waals surface area contributed by atoms with Gasteiger partial charge in [0.1, 0.15) is 17.4 Å². The number of piperidine rings is 1. The lowest BCUT2D eigenvalue weighted by Crippen LogP contribution is -2.32. The third kappa shape index (κ3) is 5.00. The normalized spacial score (nSPS) is 17.2. The van der Waals surface area contributed by atoms with Crippen LogP contribution in [0.1, 0.15) is 43.6 Å². The molecule has 2 N–H and O–H groups in total. The number of fused-ring (bicyclic) bond motifs is 1. The van der Waals surface area contributed by atoms with Crippen LogP contribution in [0.15, 0.2) is 53.4 Å². The van der Waals surface area contributed by atoms with Crippen LogP contribution in [0.25, 0.3) is 11.0 Å². The van der Waals surface area contributed by atoms with Crippen molar-refractivity contribution in [1.29, 1.82) is 5.41 Å². The number of hydrogen-bond donors (Lipinski definition) is 2. The van der Waals surface area contributed by atoms with Gasteiger partial charge in [0, 0.05) is 28.8 Å². The Kier molecular flexibility index (Phi) is 6.92. The van der Waals surface area contributed by atoms with Gasteiger partial charge in [0.2, 0.25) is 0 Å². The number of nitrogens with one attached hydrogen (secondary N) is 2. The maximum Gasteiger partial charge on any atom is 0.136 e. The van der Waals surface area contributed by atoms with Crippen molar-refractivity contribution in [3.63, 3.8) is 0 Å². The van der Waals surface area contributed by atoms with Crippen molar-refractivity contribution in [2.75, 3.05) is 37.8 Å². The molecule has 34 heavy (non-hydrogen) atoms. The standard InChI is InChI=1S/C27H33N5OS/c1-3-33-22-9-6-19(7-10-22)17-26-30-23-18-20(29-27(28)25-5-4-16-34-25)8-11-24(23)32(26)21-12-14-31(2)15-13-21/h5-11,18,21H,3-4,12-17H2,1-2H3,(H2,28,29). The SMILES string of the molecule is CCOc1ccc(Cc2nc3cc(NC(=N)C4=CCCS4)ccc3n2C2CCN(C)CC2)cc1. The lowest BCUT2D eigenvalue weighted by atomic mass is 10.0. The van der Waals surface area contributed by atoms with E-state index >= 15 is 0 Å². The Balaban J connectivity index is 1.45. The van der Waals surface area contributed by atoms with Gasteiger partial charge in [-0.2, -0.15) is 0 Å². The summed E-state index contributed by atoms with van der Waals surface area (Å²) in [5.74, 6) is 3.55. The monoisotopic (exact) mass is 475 g/mol. The lowest BCUT2D eigenvalue weighted by Gasteiger charge is -2.31. The van der Waals surface area contributed by atoms with Gasteiger partial charge in [-0.3, -0.25) is 5.41 Å². The predicted octanol–water partition coefficient (Wildman–Crippen LogP) is 5.70. The van der Waals surface area contributed by atoms with Crippen molar-refractivity contribution in [2.24, 2.45) is 0 Å². The Morgan fingerprint density at radius 3 is 2.68 bits per heavy atom. The number of benzene rings is 2. The molecule has 3 heterocycles. The molecule has 0 spiro atoms. The number of amidine groups is 1. The minimum atomic E-state index is 0.455. The number of allylic oxidation sites excluding steroid dienone is 1. The third-order valence-electron chi connectivity index (χ3n) is 6.63. The molecule has 2 aliphatic rings. The molecule has 0 radical (unpaired) electrons. The summed E-state index contributed by atoms with van der Waals surface area (Å²) in [7, 11) is 2.20. The van der Waals surface area contributed by atoms with E-state index in [9.17, 15) is 0 Å². The van der Waals surface area contributed by atoms with Crippen LogP contribution >= 0.6 is 11.8 Å². The second kappa shape index (κ2) is 10.2. The molecular weight excluding hydrogens is 442 g/mol. The van der Waals surface area contributed by atoms with Gasteiger partial charge in [-0.15, -0.1) is 11.8 Å². The Morgan fingerprint density at radius 2 is 1.97 bits per heavy atom. The van der Waals surface area contributed by atoms with Crippen LogP contribution in [0.5, 0.6) is 5.75 Å². The molecule has 7 heteroatoms. The van der Waals surface area contributed by atoms with Gasteiger partial charge >= 0.3 is 0 Å². The van der Waals surface area contributed by atoms with E-state index in [-0.39, 0.29) is 0 Å². The van der Waals surface area contributed by atoms with E-state index in [4.69, 9.17) is 15.1 Å². The molecule has 2 aliphatic heterocycles. The number of ether oxygens (including phenoxy) is 1. The van der Waals surface area contributed by atoms with Gasteiger partial charge < -0.3 is 19.5 Å². The number of thioether (sulfide) groups is 1. The molecule has 1 aromatic heterocycles. The van der Waals surface area contributed by atoms with Gasteiger partial charge in [0.05, 0.1) is 17.6 Å². The molecule has 0 aliphatic carbocycles. The first-order valence-electron chi connectivity index (χ1n) is 12.2. The number of anilines is 1. The largest absolute Gasteiger partial charge is 0.494 e. The molecule has 1 fully saturated rings. The molecule has 0 amide bonds. The lowest BCUT2D eigenvalue weighted by molar-refractivity contribution is 0.222. The summed E-state index contributed by atoms with van der Waals surface area (Å²) in [6.45, 7) is 4.90. The number of rotatable bonds is 7. The fourth-order valence-corrected chi connectivity index (χ4v) is 5.75. The van der Waals surface area contributed by atoms with Gasteiger partial charge in [0.15, 0.2) is 0 Å². The molecule has 1 saturated heterocycles. The quantitative estimate of drug-likeness (QED) is 0.339. The number of nitrogens with zero attached hydrogens (tertiary/aromatic N) is 3. The van der Waals surface area contributed by atoms with Crippen molar-refractivity contribution in [2.45, 2.75) is 38.6 Å². The summed E-state index contributed by atoms with van der Waals surface area (Å²) in [4.78, 5) is 8.56. The first kappa shape index (κ1) is 23.0. The molecule has 5 rings (SSSR count). The maximum absolute atomic E-state index is 8.41. The van der Waals surface area contributed by atoms with Gasteiger partial charge in [-0.25, -0.2) is 4.98 Å². The van der Waals surface area contributed by atoms with Crippen LogP contribution in [0.2, 0.25) is 0 Å². The Morgan fingerprint density at radius 1 is 1.18 bits per heavy atom. The van der Waals surface area contributed by atoms with E-state index in [0.29, 0.717) is 18.5 Å². The van der Waals surface area contributed by atoms with Crippen molar-refractivity contribution >= 4 is 34.3 Å². The van der Waals surface area contributed by atoms with E-state index in [0.717, 1.165) is 72.2 Å². The zero-order valence-corrected chi connectivity index (χ0v) is 20.8. The molecule has 3 aromatic rings. The highest BCUT2D eigenvalue weighted by Crippen LogP contribution is 2.32. The van der Waals surface area contributed by atoms with Crippen molar-refractivity contribution in [3.05, 3.63) is 64.8 Å². The fourth-order valence-electron chi connectivity index (χ4n) is 4.86. The Hall–Kier alpha value is -2.77. The van der Waals surface area contributed by atoms with Crippen molar-refractivity contribution in [1.82, 2.24) is 14.5 Å². The zero-order valence-electron chi connectivity index (χ0n) is 20.0. The number of imidazole rings is 1. The summed E-state index contributed by atoms with van der Waals surface area (Å²) in [5.41, 5.74) is 4.33. The van der Waals surface area contributed by atoms with E-state index in [2.05, 4.69) is 58.2 Å². The van der Waals surface area contributed by atoms with E-state index in [1.54, 1.807) is 11.8 Å². The molecule has 0 bridgehead atoms. The third-order valence-corrected chi connectivity index (χ3v) is 7.75. The first-order valence-corrected chi connectivity index (χ1v) is 13.2. The minimum absolute atomic E-state index is 0.455. The number of hydrogen-bond acceptors (Lipinski definition) is 5.